The lowest BCUT2D eigenvalue weighted by atomic mass is 9.99. The summed E-state index contributed by atoms with van der Waals surface area (Å²) in [6.45, 7) is 0. The first-order valence-electron chi connectivity index (χ1n) is 9.65. The van der Waals surface area contributed by atoms with Crippen molar-refractivity contribution in [3.63, 3.8) is 0 Å². The minimum absolute atomic E-state index is 0.343. The van der Waals surface area contributed by atoms with E-state index in [9.17, 15) is 31.1 Å². The molecule has 2 aliphatic rings. The van der Waals surface area contributed by atoms with Gasteiger partial charge in [0, 0.05) is 12.3 Å². The Balaban J connectivity index is 1.80. The van der Waals surface area contributed by atoms with Gasteiger partial charge >= 0.3 is 6.18 Å². The number of nitrogens with zero attached hydrogens (tertiary/aromatic N) is 1. The van der Waals surface area contributed by atoms with Crippen LogP contribution in [0.3, 0.4) is 0 Å². The molecular formula is C20H21F6N3O. The number of benzene rings is 1. The van der Waals surface area contributed by atoms with Crippen LogP contribution in [0.25, 0.3) is 0 Å². The average Bonchev–Trinajstić information content (AvgIpc) is 3.56. The monoisotopic (exact) mass is 433 g/mol. The van der Waals surface area contributed by atoms with Crippen LogP contribution in [0.5, 0.6) is 0 Å². The van der Waals surface area contributed by atoms with Crippen LogP contribution < -0.4 is 10.6 Å². The highest BCUT2D eigenvalue weighted by Gasteiger charge is 2.50. The number of amides is 1. The fourth-order valence-corrected chi connectivity index (χ4v) is 3.29. The van der Waals surface area contributed by atoms with E-state index in [-0.39, 0.29) is 5.56 Å². The number of carbonyl (C=O) groups is 1. The van der Waals surface area contributed by atoms with Crippen molar-refractivity contribution < 1.29 is 31.1 Å². The number of alkyl halides is 5. The van der Waals surface area contributed by atoms with E-state index in [4.69, 9.17) is 5.26 Å². The van der Waals surface area contributed by atoms with E-state index in [0.29, 0.717) is 25.7 Å². The highest BCUT2D eigenvalue weighted by molar-refractivity contribution is 5.83. The lowest BCUT2D eigenvalue weighted by Crippen LogP contribution is -2.52. The van der Waals surface area contributed by atoms with Crippen LogP contribution in [0.15, 0.2) is 24.3 Å². The van der Waals surface area contributed by atoms with E-state index in [2.05, 4.69) is 10.6 Å². The summed E-state index contributed by atoms with van der Waals surface area (Å²) in [5.41, 5.74) is -1.50. The van der Waals surface area contributed by atoms with Gasteiger partial charge in [-0.1, -0.05) is 12.1 Å². The molecule has 0 heterocycles. The molecule has 10 heteroatoms. The van der Waals surface area contributed by atoms with Crippen LogP contribution in [0.4, 0.5) is 26.3 Å². The van der Waals surface area contributed by atoms with E-state index in [1.807, 2.05) is 6.07 Å². The number of rotatable bonds is 9. The number of carbonyl (C=O) groups excluding carboxylic acids is 1. The summed E-state index contributed by atoms with van der Waals surface area (Å²) < 4.78 is 82.4. The van der Waals surface area contributed by atoms with Crippen molar-refractivity contribution in [2.45, 2.75) is 68.2 Å². The first-order valence-corrected chi connectivity index (χ1v) is 9.65. The van der Waals surface area contributed by atoms with Gasteiger partial charge in [-0.3, -0.25) is 10.1 Å². The minimum atomic E-state index is -4.86. The predicted octanol–water partition coefficient (Wildman–Crippen LogP) is 4.39. The molecule has 1 amide bonds. The summed E-state index contributed by atoms with van der Waals surface area (Å²) in [4.78, 5) is 12.6. The second kappa shape index (κ2) is 8.10. The maximum atomic E-state index is 14.1. The summed E-state index contributed by atoms with van der Waals surface area (Å²) in [6, 6.07) is 1.47. The molecule has 1 aromatic carbocycles. The first-order chi connectivity index (χ1) is 14.0. The SMILES string of the molecule is N#CC1(NC(=O)C(CCC(F)(F)C2CC2)N[C@@H](c2ccc(F)cc2)C(F)(F)F)CC1. The Bertz CT molecular complexity index is 809. The zero-order chi connectivity index (χ0) is 22.2. The van der Waals surface area contributed by atoms with Gasteiger partial charge in [0.05, 0.1) is 12.1 Å². The van der Waals surface area contributed by atoms with E-state index < -0.39 is 60.2 Å². The highest BCUT2D eigenvalue weighted by atomic mass is 19.4. The standard InChI is InChI=1S/C20H21F6N3O/c21-14-5-1-12(2-6-14)16(20(24,25)26)28-15(7-8-19(22,23)13-3-4-13)17(30)29-18(11-27)9-10-18/h1-2,5-6,13,15-16,28H,3-4,7-10H2,(H,29,30)/t15?,16-/m0/s1. The lowest BCUT2D eigenvalue weighted by Gasteiger charge is -2.29. The fraction of sp³-hybridized carbons (Fsp3) is 0.600. The van der Waals surface area contributed by atoms with Gasteiger partial charge in [-0.15, -0.1) is 0 Å². The van der Waals surface area contributed by atoms with Crippen molar-refractivity contribution >= 4 is 5.91 Å². The molecule has 1 aromatic rings. The van der Waals surface area contributed by atoms with E-state index >= 15 is 0 Å². The van der Waals surface area contributed by atoms with Crippen LogP contribution in [0, 0.1) is 23.1 Å². The smallest absolute Gasteiger partial charge is 0.336 e. The molecule has 4 nitrogen and oxygen atoms in total. The van der Waals surface area contributed by atoms with Crippen molar-refractivity contribution in [1.29, 1.82) is 5.26 Å². The number of hydrogen-bond acceptors (Lipinski definition) is 3. The molecule has 2 N–H and O–H groups in total. The van der Waals surface area contributed by atoms with Gasteiger partial charge in [-0.2, -0.15) is 18.4 Å². The van der Waals surface area contributed by atoms with Gasteiger partial charge < -0.3 is 5.32 Å². The first kappa shape index (κ1) is 22.4. The van der Waals surface area contributed by atoms with Crippen LogP contribution in [-0.2, 0) is 4.79 Å². The van der Waals surface area contributed by atoms with E-state index in [1.165, 1.54) is 0 Å². The number of nitrogens with one attached hydrogen (secondary N) is 2. The van der Waals surface area contributed by atoms with Crippen molar-refractivity contribution in [1.82, 2.24) is 10.6 Å². The minimum Gasteiger partial charge on any atom is -0.336 e. The third-order valence-electron chi connectivity index (χ3n) is 5.48. The van der Waals surface area contributed by atoms with Gasteiger partial charge in [0.1, 0.15) is 17.4 Å². The van der Waals surface area contributed by atoms with E-state index in [1.54, 1.807) is 0 Å². The zero-order valence-corrected chi connectivity index (χ0v) is 15.9. The quantitative estimate of drug-likeness (QED) is 0.568. The zero-order valence-electron chi connectivity index (χ0n) is 15.9. The van der Waals surface area contributed by atoms with Crippen molar-refractivity contribution in [2.24, 2.45) is 5.92 Å². The molecule has 0 saturated heterocycles. The normalized spacial score (nSPS) is 20.2. The molecule has 0 bridgehead atoms. The van der Waals surface area contributed by atoms with Gasteiger partial charge in [0.25, 0.3) is 5.92 Å². The second-order valence-electron chi connectivity index (χ2n) is 8.00. The molecule has 0 spiro atoms. The molecule has 2 saturated carbocycles. The van der Waals surface area contributed by atoms with Gasteiger partial charge in [0.15, 0.2) is 0 Å². The summed E-state index contributed by atoms with van der Waals surface area (Å²) in [7, 11) is 0. The van der Waals surface area contributed by atoms with Crippen molar-refractivity contribution in [3.8, 4) is 6.07 Å². The maximum Gasteiger partial charge on any atom is 0.407 e. The van der Waals surface area contributed by atoms with Crippen LogP contribution in [0.1, 0.15) is 50.1 Å². The van der Waals surface area contributed by atoms with Crippen LogP contribution in [0.2, 0.25) is 0 Å². The van der Waals surface area contributed by atoms with Gasteiger partial charge in [0.2, 0.25) is 5.91 Å². The predicted molar refractivity (Wildman–Crippen MR) is 94.7 cm³/mol. The number of halogens is 6. The maximum absolute atomic E-state index is 14.1. The molecule has 3 rings (SSSR count). The molecule has 0 aliphatic heterocycles. The van der Waals surface area contributed by atoms with Crippen molar-refractivity contribution in [3.05, 3.63) is 35.6 Å². The summed E-state index contributed by atoms with van der Waals surface area (Å²) >= 11 is 0. The molecule has 30 heavy (non-hydrogen) atoms. The Hall–Kier alpha value is -2.28. The Kier molecular flexibility index (Phi) is 6.05. The molecule has 0 radical (unpaired) electrons. The van der Waals surface area contributed by atoms with Gasteiger partial charge in [-0.05, 0) is 49.8 Å². The number of hydrogen-bond donors (Lipinski definition) is 2. The van der Waals surface area contributed by atoms with Crippen LogP contribution in [-0.4, -0.2) is 29.6 Å². The Morgan fingerprint density at radius 2 is 1.77 bits per heavy atom. The second-order valence-corrected chi connectivity index (χ2v) is 8.00. The highest BCUT2D eigenvalue weighted by Crippen LogP contribution is 2.46. The fourth-order valence-electron chi connectivity index (χ4n) is 3.29. The molecule has 1 unspecified atom stereocenters. The van der Waals surface area contributed by atoms with E-state index in [0.717, 1.165) is 24.3 Å². The van der Waals surface area contributed by atoms with Crippen LogP contribution >= 0.6 is 0 Å². The lowest BCUT2D eigenvalue weighted by molar-refractivity contribution is -0.161. The summed E-state index contributed by atoms with van der Waals surface area (Å²) in [5.74, 6) is -5.55. The Morgan fingerprint density at radius 1 is 1.17 bits per heavy atom. The molecule has 0 aromatic heterocycles. The molecule has 164 valence electrons. The Morgan fingerprint density at radius 3 is 2.23 bits per heavy atom. The number of nitriles is 1. The third kappa shape index (κ3) is 5.45. The molecule has 2 aliphatic carbocycles. The third-order valence-corrected chi connectivity index (χ3v) is 5.48. The largest absolute Gasteiger partial charge is 0.407 e. The Labute approximate surface area is 169 Å². The summed E-state index contributed by atoms with van der Waals surface area (Å²) in [5, 5.41) is 13.6. The van der Waals surface area contributed by atoms with Gasteiger partial charge in [-0.25, -0.2) is 13.2 Å². The molecule has 2 atom stereocenters. The topological polar surface area (TPSA) is 64.9 Å². The molecular weight excluding hydrogens is 412 g/mol. The average molecular weight is 433 g/mol. The summed E-state index contributed by atoms with van der Waals surface area (Å²) in [6.07, 6.45) is -4.77. The molecule has 2 fully saturated rings. The van der Waals surface area contributed by atoms with Crippen molar-refractivity contribution in [2.75, 3.05) is 0 Å².